The Balaban J connectivity index is 1.41. The second-order valence-electron chi connectivity index (χ2n) is 6.14. The number of rotatable bonds is 8. The summed E-state index contributed by atoms with van der Waals surface area (Å²) in [5.74, 6) is 0. The molecule has 0 fully saturated rings. The Kier molecular flexibility index (Phi) is 6.96. The van der Waals surface area contributed by atoms with Crippen LogP contribution in [0.4, 0.5) is 10.5 Å². The molecule has 1 heterocycles. The highest BCUT2D eigenvalue weighted by Crippen LogP contribution is 2.13. The maximum atomic E-state index is 12.1. The Labute approximate surface area is 163 Å². The van der Waals surface area contributed by atoms with Gasteiger partial charge in [-0.05, 0) is 36.6 Å². The van der Waals surface area contributed by atoms with Crippen LogP contribution in [0.5, 0.6) is 0 Å². The Hall–Kier alpha value is -2.70. The largest absolute Gasteiger partial charge is 0.376 e. The number of hydrogen-bond acceptors (Lipinski definition) is 4. The average Bonchev–Trinajstić information content (AvgIpc) is 3.10. The van der Waals surface area contributed by atoms with Gasteiger partial charge in [-0.1, -0.05) is 42.5 Å². The van der Waals surface area contributed by atoms with Crippen molar-refractivity contribution in [2.75, 3.05) is 11.9 Å². The van der Waals surface area contributed by atoms with Crippen molar-refractivity contribution >= 4 is 23.1 Å². The number of ether oxygens (including phenoxy) is 1. The lowest BCUT2D eigenvalue weighted by Gasteiger charge is -2.09. The van der Waals surface area contributed by atoms with Crippen molar-refractivity contribution in [2.45, 2.75) is 26.5 Å². The number of carbonyl (C=O) groups is 1. The van der Waals surface area contributed by atoms with Crippen molar-refractivity contribution in [1.29, 1.82) is 0 Å². The Morgan fingerprint density at radius 1 is 1.11 bits per heavy atom. The van der Waals surface area contributed by atoms with Crippen LogP contribution in [0.3, 0.4) is 0 Å². The maximum Gasteiger partial charge on any atom is 0.319 e. The summed E-state index contributed by atoms with van der Waals surface area (Å²) in [6.45, 7) is 3.60. The minimum absolute atomic E-state index is 0.233. The van der Waals surface area contributed by atoms with E-state index in [9.17, 15) is 4.79 Å². The highest BCUT2D eigenvalue weighted by molar-refractivity contribution is 7.11. The van der Waals surface area contributed by atoms with E-state index in [1.165, 1.54) is 5.56 Å². The SMILES string of the molecule is Cc1ncc(CNC(=O)Nc2cccc(COCCc3ccccc3)c2)s1. The molecule has 5 nitrogen and oxygen atoms in total. The normalized spacial score (nSPS) is 10.6. The second-order valence-corrected chi connectivity index (χ2v) is 7.46. The molecule has 0 aliphatic rings. The first-order chi connectivity index (χ1) is 13.2. The zero-order valence-corrected chi connectivity index (χ0v) is 16.1. The van der Waals surface area contributed by atoms with Crippen LogP contribution in [0, 0.1) is 6.92 Å². The number of anilines is 1. The van der Waals surface area contributed by atoms with Crippen LogP contribution in [0.25, 0.3) is 0 Å². The van der Waals surface area contributed by atoms with E-state index < -0.39 is 0 Å². The van der Waals surface area contributed by atoms with Crippen LogP contribution < -0.4 is 10.6 Å². The fourth-order valence-electron chi connectivity index (χ4n) is 2.59. The number of nitrogens with zero attached hydrogens (tertiary/aromatic N) is 1. The summed E-state index contributed by atoms with van der Waals surface area (Å²) < 4.78 is 5.76. The van der Waals surface area contributed by atoms with E-state index in [-0.39, 0.29) is 6.03 Å². The summed E-state index contributed by atoms with van der Waals surface area (Å²) in [7, 11) is 0. The van der Waals surface area contributed by atoms with Gasteiger partial charge in [0, 0.05) is 16.8 Å². The van der Waals surface area contributed by atoms with Crippen LogP contribution in [0.1, 0.15) is 21.0 Å². The van der Waals surface area contributed by atoms with Gasteiger partial charge in [-0.25, -0.2) is 9.78 Å². The molecule has 0 saturated heterocycles. The van der Waals surface area contributed by atoms with E-state index in [2.05, 4.69) is 27.8 Å². The van der Waals surface area contributed by atoms with Gasteiger partial charge in [-0.2, -0.15) is 0 Å². The monoisotopic (exact) mass is 381 g/mol. The predicted molar refractivity (Wildman–Crippen MR) is 109 cm³/mol. The van der Waals surface area contributed by atoms with Gasteiger partial charge in [0.2, 0.25) is 0 Å². The van der Waals surface area contributed by atoms with Gasteiger partial charge in [-0.3, -0.25) is 0 Å². The topological polar surface area (TPSA) is 63.2 Å². The van der Waals surface area contributed by atoms with Gasteiger partial charge in [0.1, 0.15) is 0 Å². The van der Waals surface area contributed by atoms with E-state index >= 15 is 0 Å². The summed E-state index contributed by atoms with van der Waals surface area (Å²) in [6.07, 6.45) is 2.67. The molecule has 2 amide bonds. The Morgan fingerprint density at radius 2 is 1.93 bits per heavy atom. The number of urea groups is 1. The number of carbonyl (C=O) groups excluding carboxylic acids is 1. The quantitative estimate of drug-likeness (QED) is 0.564. The van der Waals surface area contributed by atoms with E-state index in [1.807, 2.05) is 49.4 Å². The lowest BCUT2D eigenvalue weighted by molar-refractivity contribution is 0.124. The van der Waals surface area contributed by atoms with Crippen LogP contribution in [0.2, 0.25) is 0 Å². The van der Waals surface area contributed by atoms with Gasteiger partial charge in [0.15, 0.2) is 0 Å². The summed E-state index contributed by atoms with van der Waals surface area (Å²) >= 11 is 1.58. The van der Waals surface area contributed by atoms with Gasteiger partial charge in [0.25, 0.3) is 0 Å². The summed E-state index contributed by atoms with van der Waals surface area (Å²) in [5.41, 5.74) is 3.04. The molecule has 3 aromatic rings. The van der Waals surface area contributed by atoms with Gasteiger partial charge < -0.3 is 15.4 Å². The average molecular weight is 382 g/mol. The zero-order chi connectivity index (χ0) is 18.9. The first-order valence-corrected chi connectivity index (χ1v) is 9.67. The molecule has 27 heavy (non-hydrogen) atoms. The molecule has 0 aliphatic heterocycles. The molecule has 0 bridgehead atoms. The summed E-state index contributed by atoms with van der Waals surface area (Å²) in [5, 5.41) is 6.69. The summed E-state index contributed by atoms with van der Waals surface area (Å²) in [6, 6.07) is 17.7. The van der Waals surface area contributed by atoms with Crippen molar-refractivity contribution in [3.8, 4) is 0 Å². The van der Waals surface area contributed by atoms with Crippen molar-refractivity contribution in [2.24, 2.45) is 0 Å². The number of nitrogens with one attached hydrogen (secondary N) is 2. The molecule has 2 N–H and O–H groups in total. The summed E-state index contributed by atoms with van der Waals surface area (Å²) in [4.78, 5) is 17.3. The molecule has 0 atom stereocenters. The van der Waals surface area contributed by atoms with E-state index in [0.717, 1.165) is 27.6 Å². The number of amides is 2. The van der Waals surface area contributed by atoms with Crippen LogP contribution >= 0.6 is 11.3 Å². The van der Waals surface area contributed by atoms with Crippen molar-refractivity contribution in [3.63, 3.8) is 0 Å². The molecule has 0 radical (unpaired) electrons. The fourth-order valence-corrected chi connectivity index (χ4v) is 3.33. The lowest BCUT2D eigenvalue weighted by Crippen LogP contribution is -2.27. The number of aromatic nitrogens is 1. The molecule has 140 valence electrons. The van der Waals surface area contributed by atoms with Gasteiger partial charge in [0.05, 0.1) is 24.8 Å². The van der Waals surface area contributed by atoms with Crippen molar-refractivity contribution < 1.29 is 9.53 Å². The second kappa shape index (κ2) is 9.85. The highest BCUT2D eigenvalue weighted by Gasteiger charge is 2.04. The van der Waals surface area contributed by atoms with Gasteiger partial charge in [-0.15, -0.1) is 11.3 Å². The Morgan fingerprint density at radius 3 is 2.70 bits per heavy atom. The molecule has 0 spiro atoms. The standard InChI is InChI=1S/C21H23N3O2S/c1-16-22-13-20(27-16)14-23-21(25)24-19-9-5-8-18(12-19)15-26-11-10-17-6-3-2-4-7-17/h2-9,12-13H,10-11,14-15H2,1H3,(H2,23,24,25). The van der Waals surface area contributed by atoms with Gasteiger partial charge >= 0.3 is 6.03 Å². The highest BCUT2D eigenvalue weighted by atomic mass is 32.1. The fraction of sp³-hybridized carbons (Fsp3) is 0.238. The first kappa shape index (κ1) is 19.1. The molecule has 6 heteroatoms. The number of hydrogen-bond donors (Lipinski definition) is 2. The molecular weight excluding hydrogens is 358 g/mol. The van der Waals surface area contributed by atoms with Crippen LogP contribution in [0.15, 0.2) is 60.8 Å². The third-order valence-electron chi connectivity index (χ3n) is 3.92. The van der Waals surface area contributed by atoms with Crippen LogP contribution in [-0.2, 0) is 24.3 Å². The molecule has 0 saturated carbocycles. The molecule has 3 rings (SSSR count). The minimum atomic E-state index is -0.233. The third-order valence-corrected chi connectivity index (χ3v) is 4.84. The smallest absolute Gasteiger partial charge is 0.319 e. The Bertz CT molecular complexity index is 865. The first-order valence-electron chi connectivity index (χ1n) is 8.86. The minimum Gasteiger partial charge on any atom is -0.376 e. The number of thiazole rings is 1. The van der Waals surface area contributed by atoms with Crippen molar-refractivity contribution in [3.05, 3.63) is 81.8 Å². The number of aryl methyl sites for hydroxylation is 1. The molecule has 1 aromatic heterocycles. The third kappa shape index (κ3) is 6.51. The van der Waals surface area contributed by atoms with E-state index in [1.54, 1.807) is 17.5 Å². The van der Waals surface area contributed by atoms with Crippen molar-refractivity contribution in [1.82, 2.24) is 10.3 Å². The number of benzene rings is 2. The van der Waals surface area contributed by atoms with Crippen LogP contribution in [-0.4, -0.2) is 17.6 Å². The molecule has 0 aliphatic carbocycles. The predicted octanol–water partition coefficient (Wildman–Crippen LogP) is 4.53. The van der Waals surface area contributed by atoms with E-state index in [0.29, 0.717) is 19.8 Å². The molecule has 0 unspecified atom stereocenters. The maximum absolute atomic E-state index is 12.1. The lowest BCUT2D eigenvalue weighted by atomic mass is 10.2. The van der Waals surface area contributed by atoms with E-state index in [4.69, 9.17) is 4.74 Å². The molecular formula is C21H23N3O2S. The molecule has 2 aromatic carbocycles. The zero-order valence-electron chi connectivity index (χ0n) is 15.3.